The second-order valence-corrected chi connectivity index (χ2v) is 2.93. The molecule has 0 aliphatic rings. The molecule has 0 fully saturated rings. The van der Waals surface area contributed by atoms with Gasteiger partial charge in [0.05, 0.1) is 0 Å². The maximum atomic E-state index is 10.4. The zero-order chi connectivity index (χ0) is 7.28. The Morgan fingerprint density at radius 2 is 2.33 bits per heavy atom. The first-order valence-electron chi connectivity index (χ1n) is 3.03. The molecule has 54 valence electrons. The van der Waals surface area contributed by atoms with E-state index in [4.69, 9.17) is 5.73 Å². The second-order valence-electron chi connectivity index (χ2n) is 2.13. The Kier molecular flexibility index (Phi) is 4.77. The summed E-state index contributed by atoms with van der Waals surface area (Å²) in [6.07, 6.45) is 1.91. The molecule has 2 nitrogen and oxygen atoms in total. The molecule has 2 N–H and O–H groups in total. The summed E-state index contributed by atoms with van der Waals surface area (Å²) in [6, 6.07) is 0. The molecule has 0 radical (unpaired) electrons. The van der Waals surface area contributed by atoms with Crippen LogP contribution in [0.3, 0.4) is 0 Å². The molecular formula is C6H12BrNO. The minimum atomic E-state index is -0.198. The number of primary amides is 1. The van der Waals surface area contributed by atoms with Crippen molar-refractivity contribution >= 4 is 21.8 Å². The molecule has 0 heterocycles. The average Bonchev–Trinajstić information content (AvgIpc) is 1.82. The van der Waals surface area contributed by atoms with Gasteiger partial charge in [0.25, 0.3) is 0 Å². The van der Waals surface area contributed by atoms with Gasteiger partial charge in [0.2, 0.25) is 5.91 Å². The molecule has 0 aromatic heterocycles. The van der Waals surface area contributed by atoms with Crippen LogP contribution in [0.15, 0.2) is 0 Å². The molecule has 0 aliphatic heterocycles. The zero-order valence-electron chi connectivity index (χ0n) is 5.56. The normalized spacial score (nSPS) is 13.1. The number of hydrogen-bond acceptors (Lipinski definition) is 1. The van der Waals surface area contributed by atoms with Crippen LogP contribution in [0.1, 0.15) is 19.8 Å². The van der Waals surface area contributed by atoms with Gasteiger partial charge in [0.1, 0.15) is 0 Å². The molecule has 1 amide bonds. The summed E-state index contributed by atoms with van der Waals surface area (Å²) in [5, 5.41) is 0.949. The standard InChI is InChI=1S/C6H12BrNO/c1-5(6(8)9)3-2-4-7/h5H,2-4H2,1H3,(H2,8,9). The van der Waals surface area contributed by atoms with Crippen molar-refractivity contribution in [3.63, 3.8) is 0 Å². The highest BCUT2D eigenvalue weighted by Gasteiger charge is 2.06. The van der Waals surface area contributed by atoms with Crippen molar-refractivity contribution in [2.45, 2.75) is 19.8 Å². The second kappa shape index (κ2) is 4.79. The highest BCUT2D eigenvalue weighted by atomic mass is 79.9. The molecule has 1 unspecified atom stereocenters. The van der Waals surface area contributed by atoms with Gasteiger partial charge in [0.15, 0.2) is 0 Å². The number of carbonyl (C=O) groups excluding carboxylic acids is 1. The summed E-state index contributed by atoms with van der Waals surface area (Å²) >= 11 is 3.27. The molecule has 0 aromatic rings. The van der Waals surface area contributed by atoms with Crippen LogP contribution in [-0.4, -0.2) is 11.2 Å². The lowest BCUT2D eigenvalue weighted by Crippen LogP contribution is -2.20. The van der Waals surface area contributed by atoms with E-state index >= 15 is 0 Å². The van der Waals surface area contributed by atoms with Crippen LogP contribution in [0, 0.1) is 5.92 Å². The summed E-state index contributed by atoms with van der Waals surface area (Å²) in [6.45, 7) is 1.85. The van der Waals surface area contributed by atoms with Crippen molar-refractivity contribution < 1.29 is 4.79 Å². The summed E-state index contributed by atoms with van der Waals surface area (Å²) in [5.41, 5.74) is 5.02. The summed E-state index contributed by atoms with van der Waals surface area (Å²) in [5.74, 6) is -0.168. The van der Waals surface area contributed by atoms with Crippen LogP contribution in [0.5, 0.6) is 0 Å². The quantitative estimate of drug-likeness (QED) is 0.673. The predicted octanol–water partition coefficient (Wildman–Crippen LogP) is 1.28. The van der Waals surface area contributed by atoms with Crippen LogP contribution in [0.2, 0.25) is 0 Å². The van der Waals surface area contributed by atoms with Gasteiger partial charge in [-0.2, -0.15) is 0 Å². The SMILES string of the molecule is CC(CCCBr)C(N)=O. The van der Waals surface area contributed by atoms with E-state index in [1.54, 1.807) is 0 Å². The van der Waals surface area contributed by atoms with Crippen LogP contribution >= 0.6 is 15.9 Å². The van der Waals surface area contributed by atoms with E-state index in [-0.39, 0.29) is 11.8 Å². The lowest BCUT2D eigenvalue weighted by Gasteiger charge is -2.02. The van der Waals surface area contributed by atoms with Crippen molar-refractivity contribution in [2.75, 3.05) is 5.33 Å². The highest BCUT2D eigenvalue weighted by molar-refractivity contribution is 9.09. The lowest BCUT2D eigenvalue weighted by molar-refractivity contribution is -0.121. The van der Waals surface area contributed by atoms with Gasteiger partial charge >= 0.3 is 0 Å². The van der Waals surface area contributed by atoms with Gasteiger partial charge in [-0.3, -0.25) is 4.79 Å². The first-order chi connectivity index (χ1) is 4.18. The Balaban J connectivity index is 3.27. The van der Waals surface area contributed by atoms with Gasteiger partial charge < -0.3 is 5.73 Å². The largest absolute Gasteiger partial charge is 0.369 e. The Morgan fingerprint density at radius 3 is 2.67 bits per heavy atom. The van der Waals surface area contributed by atoms with Crippen molar-refractivity contribution in [1.82, 2.24) is 0 Å². The fourth-order valence-corrected chi connectivity index (χ4v) is 0.849. The summed E-state index contributed by atoms with van der Waals surface area (Å²) in [4.78, 5) is 10.4. The maximum absolute atomic E-state index is 10.4. The van der Waals surface area contributed by atoms with E-state index in [2.05, 4.69) is 15.9 Å². The minimum Gasteiger partial charge on any atom is -0.369 e. The predicted molar refractivity (Wildman–Crippen MR) is 41.4 cm³/mol. The topological polar surface area (TPSA) is 43.1 Å². The molecule has 1 atom stereocenters. The molecule has 9 heavy (non-hydrogen) atoms. The number of carbonyl (C=O) groups is 1. The highest BCUT2D eigenvalue weighted by Crippen LogP contribution is 2.05. The number of alkyl halides is 1. The van der Waals surface area contributed by atoms with E-state index in [1.165, 1.54) is 0 Å². The molecule has 0 aromatic carbocycles. The van der Waals surface area contributed by atoms with Crippen molar-refractivity contribution in [3.8, 4) is 0 Å². The van der Waals surface area contributed by atoms with Crippen LogP contribution in [0.25, 0.3) is 0 Å². The minimum absolute atomic E-state index is 0.0301. The smallest absolute Gasteiger partial charge is 0.220 e. The molecule has 0 rings (SSSR count). The van der Waals surface area contributed by atoms with E-state index in [1.807, 2.05) is 6.92 Å². The number of rotatable bonds is 4. The van der Waals surface area contributed by atoms with Gasteiger partial charge in [0, 0.05) is 11.2 Å². The Labute approximate surface area is 63.9 Å². The molecule has 0 saturated carbocycles. The van der Waals surface area contributed by atoms with Gasteiger partial charge in [-0.05, 0) is 12.8 Å². The number of halogens is 1. The molecule has 0 spiro atoms. The fraction of sp³-hybridized carbons (Fsp3) is 0.833. The Hall–Kier alpha value is -0.0500. The number of hydrogen-bond donors (Lipinski definition) is 1. The average molecular weight is 194 g/mol. The lowest BCUT2D eigenvalue weighted by atomic mass is 10.1. The Bertz CT molecular complexity index is 95.1. The molecular weight excluding hydrogens is 182 g/mol. The third-order valence-corrected chi connectivity index (χ3v) is 1.82. The molecule has 3 heteroatoms. The molecule has 0 saturated heterocycles. The number of amides is 1. The molecule has 0 aliphatic carbocycles. The molecule has 0 bridgehead atoms. The monoisotopic (exact) mass is 193 g/mol. The van der Waals surface area contributed by atoms with E-state index in [0.29, 0.717) is 0 Å². The van der Waals surface area contributed by atoms with Crippen LogP contribution in [-0.2, 0) is 4.79 Å². The first kappa shape index (κ1) is 8.95. The van der Waals surface area contributed by atoms with Crippen molar-refractivity contribution in [2.24, 2.45) is 11.7 Å². The van der Waals surface area contributed by atoms with Crippen LogP contribution in [0.4, 0.5) is 0 Å². The number of nitrogens with two attached hydrogens (primary N) is 1. The van der Waals surface area contributed by atoms with Gasteiger partial charge in [-0.1, -0.05) is 22.9 Å². The van der Waals surface area contributed by atoms with E-state index in [0.717, 1.165) is 18.2 Å². The summed E-state index contributed by atoms with van der Waals surface area (Å²) in [7, 11) is 0. The summed E-state index contributed by atoms with van der Waals surface area (Å²) < 4.78 is 0. The fourth-order valence-electron chi connectivity index (χ4n) is 0.526. The zero-order valence-corrected chi connectivity index (χ0v) is 7.15. The van der Waals surface area contributed by atoms with E-state index in [9.17, 15) is 4.79 Å². The van der Waals surface area contributed by atoms with Crippen molar-refractivity contribution in [3.05, 3.63) is 0 Å². The van der Waals surface area contributed by atoms with Crippen molar-refractivity contribution in [1.29, 1.82) is 0 Å². The Morgan fingerprint density at radius 1 is 1.78 bits per heavy atom. The first-order valence-corrected chi connectivity index (χ1v) is 4.16. The third kappa shape index (κ3) is 4.45. The third-order valence-electron chi connectivity index (χ3n) is 1.26. The van der Waals surface area contributed by atoms with Crippen LogP contribution < -0.4 is 5.73 Å². The van der Waals surface area contributed by atoms with E-state index < -0.39 is 0 Å². The maximum Gasteiger partial charge on any atom is 0.220 e. The van der Waals surface area contributed by atoms with Gasteiger partial charge in [-0.15, -0.1) is 0 Å². The van der Waals surface area contributed by atoms with Gasteiger partial charge in [-0.25, -0.2) is 0 Å².